The minimum atomic E-state index is -0.655. The lowest BCUT2D eigenvalue weighted by Gasteiger charge is -2.29. The first-order valence-corrected chi connectivity index (χ1v) is 12.1. The van der Waals surface area contributed by atoms with Crippen LogP contribution in [0.3, 0.4) is 0 Å². The van der Waals surface area contributed by atoms with E-state index in [1.165, 1.54) is 18.2 Å². The number of halogens is 2. The fourth-order valence-electron chi connectivity index (χ4n) is 3.66. The van der Waals surface area contributed by atoms with E-state index in [4.69, 9.17) is 9.47 Å². The topological polar surface area (TPSA) is 59.8 Å². The average molecular weight is 488 g/mol. The highest BCUT2D eigenvalue weighted by Crippen LogP contribution is 2.33. The number of unbranched alkanes of at least 4 members (excludes halogenated alkanes) is 1. The highest BCUT2D eigenvalue weighted by Gasteiger charge is 2.24. The zero-order valence-corrected chi connectivity index (χ0v) is 20.9. The Bertz CT molecular complexity index is 1070. The van der Waals surface area contributed by atoms with Crippen molar-refractivity contribution in [2.24, 2.45) is 0 Å². The smallest absolute Gasteiger partial charge is 0.227 e. The van der Waals surface area contributed by atoms with Crippen LogP contribution in [0.1, 0.15) is 44.9 Å². The van der Waals surface area contributed by atoms with Crippen LogP contribution in [0, 0.1) is 18.6 Å². The van der Waals surface area contributed by atoms with Gasteiger partial charge in [0.1, 0.15) is 5.82 Å². The van der Waals surface area contributed by atoms with Crippen molar-refractivity contribution in [1.82, 2.24) is 14.7 Å². The van der Waals surface area contributed by atoms with E-state index < -0.39 is 11.9 Å². The fraction of sp³-hybridized carbons (Fsp3) is 0.444. The monoisotopic (exact) mass is 487 g/mol. The van der Waals surface area contributed by atoms with E-state index in [-0.39, 0.29) is 24.2 Å². The molecule has 6 nitrogen and oxygen atoms in total. The van der Waals surface area contributed by atoms with Crippen LogP contribution in [-0.4, -0.2) is 51.7 Å². The van der Waals surface area contributed by atoms with Gasteiger partial charge in [-0.05, 0) is 63.6 Å². The molecule has 3 aromatic rings. The molecule has 190 valence electrons. The van der Waals surface area contributed by atoms with E-state index in [1.54, 1.807) is 35.0 Å². The normalized spacial score (nSPS) is 12.5. The number of para-hydroxylation sites is 1. The van der Waals surface area contributed by atoms with Crippen LogP contribution in [0.4, 0.5) is 8.78 Å². The Hall–Kier alpha value is -2.81. The first kappa shape index (κ1) is 26.8. The first-order valence-electron chi connectivity index (χ1n) is 12.1. The second-order valence-electron chi connectivity index (χ2n) is 8.90. The molecule has 2 aromatic carbocycles. The molecule has 3 rings (SSSR count). The summed E-state index contributed by atoms with van der Waals surface area (Å²) in [6, 6.07) is 12.1. The van der Waals surface area contributed by atoms with Gasteiger partial charge in [-0.25, -0.2) is 13.5 Å². The van der Waals surface area contributed by atoms with Gasteiger partial charge < -0.3 is 14.6 Å². The maximum atomic E-state index is 14.5. The van der Waals surface area contributed by atoms with Crippen molar-refractivity contribution in [3.05, 3.63) is 71.4 Å². The number of nitrogens with zero attached hydrogens (tertiary/aromatic N) is 3. The summed E-state index contributed by atoms with van der Waals surface area (Å²) in [6.07, 6.45) is 1.34. The molecular formula is C27H35F2N3O3. The number of benzene rings is 2. The maximum Gasteiger partial charge on any atom is 0.227 e. The molecular weight excluding hydrogens is 452 g/mol. The van der Waals surface area contributed by atoms with Gasteiger partial charge >= 0.3 is 0 Å². The van der Waals surface area contributed by atoms with Crippen LogP contribution in [-0.2, 0) is 11.3 Å². The van der Waals surface area contributed by atoms with Gasteiger partial charge in [-0.2, -0.15) is 5.10 Å². The highest BCUT2D eigenvalue weighted by atomic mass is 19.1. The van der Waals surface area contributed by atoms with Gasteiger partial charge in [0, 0.05) is 25.7 Å². The van der Waals surface area contributed by atoms with Gasteiger partial charge in [-0.15, -0.1) is 0 Å². The molecule has 0 aliphatic heterocycles. The molecule has 0 radical (unpaired) electrons. The fourth-order valence-corrected chi connectivity index (χ4v) is 3.66. The van der Waals surface area contributed by atoms with E-state index in [0.29, 0.717) is 37.0 Å². The van der Waals surface area contributed by atoms with Crippen molar-refractivity contribution in [2.75, 3.05) is 19.8 Å². The van der Waals surface area contributed by atoms with Gasteiger partial charge in [-0.3, -0.25) is 4.90 Å². The molecule has 8 heteroatoms. The third kappa shape index (κ3) is 7.34. The third-order valence-electron chi connectivity index (χ3n) is 5.74. The van der Waals surface area contributed by atoms with Crippen molar-refractivity contribution in [1.29, 1.82) is 0 Å². The van der Waals surface area contributed by atoms with Crippen molar-refractivity contribution in [3.63, 3.8) is 0 Å². The number of aryl methyl sites for hydroxylation is 1. The molecule has 0 aliphatic rings. The molecule has 0 spiro atoms. The van der Waals surface area contributed by atoms with Crippen LogP contribution in [0.15, 0.2) is 48.5 Å². The van der Waals surface area contributed by atoms with Crippen LogP contribution in [0.5, 0.6) is 11.6 Å². The highest BCUT2D eigenvalue weighted by molar-refractivity contribution is 5.43. The molecule has 35 heavy (non-hydrogen) atoms. The number of aromatic nitrogens is 2. The number of aliphatic hydroxyl groups is 1. The summed E-state index contributed by atoms with van der Waals surface area (Å²) < 4.78 is 41.2. The Kier molecular flexibility index (Phi) is 9.77. The number of hydrogen-bond donors (Lipinski definition) is 1. The van der Waals surface area contributed by atoms with Gasteiger partial charge in [0.25, 0.3) is 0 Å². The number of rotatable bonds is 13. The van der Waals surface area contributed by atoms with E-state index in [9.17, 15) is 13.9 Å². The van der Waals surface area contributed by atoms with E-state index in [2.05, 4.69) is 16.9 Å². The van der Waals surface area contributed by atoms with Gasteiger partial charge in [0.2, 0.25) is 5.88 Å². The summed E-state index contributed by atoms with van der Waals surface area (Å²) in [5.41, 5.74) is 2.04. The Morgan fingerprint density at radius 3 is 2.46 bits per heavy atom. The molecule has 0 saturated carbocycles. The molecule has 1 unspecified atom stereocenters. The third-order valence-corrected chi connectivity index (χ3v) is 5.74. The largest absolute Gasteiger partial charge is 0.435 e. The van der Waals surface area contributed by atoms with Crippen LogP contribution in [0.25, 0.3) is 5.69 Å². The molecule has 1 aromatic heterocycles. The quantitative estimate of drug-likeness (QED) is 0.316. The average Bonchev–Trinajstić information content (AvgIpc) is 3.13. The summed E-state index contributed by atoms with van der Waals surface area (Å²) in [6.45, 7) is 9.73. The second-order valence-corrected chi connectivity index (χ2v) is 8.90. The number of aliphatic hydroxyl groups excluding tert-OH is 1. The van der Waals surface area contributed by atoms with Crippen molar-refractivity contribution in [3.8, 4) is 17.3 Å². The van der Waals surface area contributed by atoms with E-state index in [0.717, 1.165) is 18.4 Å². The molecule has 0 bridgehead atoms. The Balaban J connectivity index is 1.91. The number of hydrogen-bond acceptors (Lipinski definition) is 5. The maximum absolute atomic E-state index is 14.5. The minimum Gasteiger partial charge on any atom is -0.435 e. The molecule has 1 heterocycles. The standard InChI is InChI=1S/C27H35F2N3O3/c1-5-6-15-34-18-23(33)16-31(19(2)3)17-24-20(4)30-32(22-13-11-21(28)12-14-22)27(24)35-26-10-8-7-9-25(26)29/h7-14,19,23,33H,5-6,15-18H2,1-4H3. The predicted octanol–water partition coefficient (Wildman–Crippen LogP) is 5.64. The summed E-state index contributed by atoms with van der Waals surface area (Å²) >= 11 is 0. The molecule has 0 aliphatic carbocycles. The van der Waals surface area contributed by atoms with Crippen molar-refractivity contribution in [2.45, 2.75) is 59.2 Å². The van der Waals surface area contributed by atoms with E-state index >= 15 is 0 Å². The zero-order valence-electron chi connectivity index (χ0n) is 20.9. The summed E-state index contributed by atoms with van der Waals surface area (Å²) in [5, 5.41) is 15.2. The Labute approximate surface area is 206 Å². The summed E-state index contributed by atoms with van der Waals surface area (Å²) in [5.74, 6) is -0.449. The van der Waals surface area contributed by atoms with Gasteiger partial charge in [0.05, 0.1) is 29.7 Å². The Morgan fingerprint density at radius 1 is 1.09 bits per heavy atom. The predicted molar refractivity (Wildman–Crippen MR) is 132 cm³/mol. The van der Waals surface area contributed by atoms with Crippen molar-refractivity contribution >= 4 is 0 Å². The summed E-state index contributed by atoms with van der Waals surface area (Å²) in [4.78, 5) is 2.10. The molecule has 1 N–H and O–H groups in total. The van der Waals surface area contributed by atoms with Crippen LogP contribution >= 0.6 is 0 Å². The molecule has 0 amide bonds. The SMILES string of the molecule is CCCCOCC(O)CN(Cc1c(C)nn(-c2ccc(F)cc2)c1Oc1ccccc1F)C(C)C. The first-order chi connectivity index (χ1) is 16.8. The molecule has 0 fully saturated rings. The number of ether oxygens (including phenoxy) is 2. The lowest BCUT2D eigenvalue weighted by atomic mass is 10.2. The van der Waals surface area contributed by atoms with Crippen LogP contribution < -0.4 is 4.74 Å². The van der Waals surface area contributed by atoms with Gasteiger partial charge in [-0.1, -0.05) is 25.5 Å². The lowest BCUT2D eigenvalue weighted by Crippen LogP contribution is -2.39. The second kappa shape index (κ2) is 12.8. The van der Waals surface area contributed by atoms with Crippen molar-refractivity contribution < 1.29 is 23.4 Å². The summed E-state index contributed by atoms with van der Waals surface area (Å²) in [7, 11) is 0. The molecule has 1 atom stereocenters. The molecule has 0 saturated heterocycles. The Morgan fingerprint density at radius 2 is 1.80 bits per heavy atom. The van der Waals surface area contributed by atoms with Crippen LogP contribution in [0.2, 0.25) is 0 Å². The van der Waals surface area contributed by atoms with E-state index in [1.807, 2.05) is 20.8 Å². The lowest BCUT2D eigenvalue weighted by molar-refractivity contribution is 0.00842. The minimum absolute atomic E-state index is 0.0671. The zero-order chi connectivity index (χ0) is 25.4. The van der Waals surface area contributed by atoms with Gasteiger partial charge in [0.15, 0.2) is 11.6 Å².